The SMILES string of the molecule is CC.COC(=O)NC(C(C)=O)C1CCS(=O)(=O)CC1. The van der Waals surface area contributed by atoms with Crippen LogP contribution in [0.25, 0.3) is 0 Å². The Labute approximate surface area is 114 Å². The summed E-state index contributed by atoms with van der Waals surface area (Å²) >= 11 is 0. The molecule has 1 amide bonds. The summed E-state index contributed by atoms with van der Waals surface area (Å²) < 4.78 is 27.0. The van der Waals surface area contributed by atoms with Crippen LogP contribution in [0.1, 0.15) is 33.6 Å². The van der Waals surface area contributed by atoms with Crippen LogP contribution in [0.15, 0.2) is 0 Å². The molecule has 0 aromatic rings. The zero-order valence-corrected chi connectivity index (χ0v) is 12.7. The minimum Gasteiger partial charge on any atom is -0.453 e. The van der Waals surface area contributed by atoms with Crippen LogP contribution in [0.5, 0.6) is 0 Å². The van der Waals surface area contributed by atoms with E-state index in [0.717, 1.165) is 0 Å². The fourth-order valence-corrected chi connectivity index (χ4v) is 3.51. The van der Waals surface area contributed by atoms with Gasteiger partial charge in [-0.05, 0) is 25.7 Å². The molecule has 1 unspecified atom stereocenters. The molecule has 1 aliphatic rings. The molecule has 0 aliphatic carbocycles. The van der Waals surface area contributed by atoms with Gasteiger partial charge in [0.2, 0.25) is 0 Å². The molecule has 1 saturated heterocycles. The Bertz CT molecular complexity index is 390. The Morgan fingerprint density at radius 2 is 1.68 bits per heavy atom. The molecule has 0 radical (unpaired) electrons. The van der Waals surface area contributed by atoms with Crippen molar-refractivity contribution in [3.8, 4) is 0 Å². The molecular weight excluding hydrogens is 270 g/mol. The Hall–Kier alpha value is -1.11. The Kier molecular flexibility index (Phi) is 7.66. The van der Waals surface area contributed by atoms with Crippen LogP contribution in [0.2, 0.25) is 0 Å². The van der Waals surface area contributed by atoms with Gasteiger partial charge in [0.1, 0.15) is 9.84 Å². The standard InChI is InChI=1S/C10H17NO5S.C2H6/c1-7(12)9(11-10(13)16-2)8-3-5-17(14,15)6-4-8;1-2/h8-9H,3-6H2,1-2H3,(H,11,13);1-2H3. The summed E-state index contributed by atoms with van der Waals surface area (Å²) in [5.41, 5.74) is 0. The number of Topliss-reactive ketones (excluding diaryl/α,β-unsaturated/α-hetero) is 1. The van der Waals surface area contributed by atoms with Gasteiger partial charge in [-0.3, -0.25) is 4.79 Å². The van der Waals surface area contributed by atoms with Gasteiger partial charge < -0.3 is 10.1 Å². The van der Waals surface area contributed by atoms with Crippen LogP contribution in [0.4, 0.5) is 4.79 Å². The third-order valence-electron chi connectivity index (χ3n) is 2.97. The number of rotatable bonds is 3. The molecule has 1 aliphatic heterocycles. The highest BCUT2D eigenvalue weighted by Crippen LogP contribution is 2.22. The highest BCUT2D eigenvalue weighted by molar-refractivity contribution is 7.91. The second kappa shape index (κ2) is 8.14. The second-order valence-corrected chi connectivity index (χ2v) is 6.52. The van der Waals surface area contributed by atoms with E-state index in [9.17, 15) is 18.0 Å². The van der Waals surface area contributed by atoms with Gasteiger partial charge in [-0.15, -0.1) is 0 Å². The number of amides is 1. The molecule has 0 saturated carbocycles. The topological polar surface area (TPSA) is 89.5 Å². The highest BCUT2D eigenvalue weighted by Gasteiger charge is 2.33. The summed E-state index contributed by atoms with van der Waals surface area (Å²) in [6.07, 6.45) is 0.131. The van der Waals surface area contributed by atoms with E-state index in [2.05, 4.69) is 10.1 Å². The molecule has 112 valence electrons. The van der Waals surface area contributed by atoms with E-state index in [1.807, 2.05) is 13.8 Å². The highest BCUT2D eigenvalue weighted by atomic mass is 32.2. The van der Waals surface area contributed by atoms with Gasteiger partial charge in [0, 0.05) is 0 Å². The normalized spacial score (nSPS) is 19.6. The van der Waals surface area contributed by atoms with Gasteiger partial charge in [0.15, 0.2) is 5.78 Å². The number of carbonyl (C=O) groups excluding carboxylic acids is 2. The number of hydrogen-bond donors (Lipinski definition) is 1. The van der Waals surface area contributed by atoms with Gasteiger partial charge in [-0.1, -0.05) is 13.8 Å². The molecule has 0 bridgehead atoms. The van der Waals surface area contributed by atoms with Crippen LogP contribution < -0.4 is 5.32 Å². The van der Waals surface area contributed by atoms with Crippen LogP contribution in [-0.2, 0) is 19.4 Å². The van der Waals surface area contributed by atoms with Crippen molar-refractivity contribution >= 4 is 21.7 Å². The molecule has 0 aromatic carbocycles. The Morgan fingerprint density at radius 1 is 1.21 bits per heavy atom. The van der Waals surface area contributed by atoms with Crippen molar-refractivity contribution in [2.24, 2.45) is 5.92 Å². The number of ether oxygens (including phenoxy) is 1. The van der Waals surface area contributed by atoms with Crippen molar-refractivity contribution in [3.05, 3.63) is 0 Å². The Balaban J connectivity index is 0.00000154. The predicted molar refractivity (Wildman–Crippen MR) is 72.7 cm³/mol. The number of nitrogens with one attached hydrogen (secondary N) is 1. The van der Waals surface area contributed by atoms with E-state index in [0.29, 0.717) is 12.8 Å². The molecule has 6 nitrogen and oxygen atoms in total. The summed E-state index contributed by atoms with van der Waals surface area (Å²) in [5, 5.41) is 2.46. The molecule has 0 aromatic heterocycles. The van der Waals surface area contributed by atoms with E-state index in [4.69, 9.17) is 0 Å². The number of alkyl carbamates (subject to hydrolysis) is 1. The number of methoxy groups -OCH3 is 1. The lowest BCUT2D eigenvalue weighted by Crippen LogP contribution is -2.47. The summed E-state index contributed by atoms with van der Waals surface area (Å²) in [6, 6.07) is -0.655. The van der Waals surface area contributed by atoms with Gasteiger partial charge in [0.05, 0.1) is 24.7 Å². The van der Waals surface area contributed by atoms with Gasteiger partial charge in [-0.25, -0.2) is 13.2 Å². The average molecular weight is 293 g/mol. The maximum absolute atomic E-state index is 11.4. The van der Waals surface area contributed by atoms with Gasteiger partial charge in [-0.2, -0.15) is 0 Å². The lowest BCUT2D eigenvalue weighted by molar-refractivity contribution is -0.120. The molecule has 1 heterocycles. The van der Waals surface area contributed by atoms with Crippen LogP contribution >= 0.6 is 0 Å². The molecule has 1 atom stereocenters. The van der Waals surface area contributed by atoms with E-state index in [1.165, 1.54) is 14.0 Å². The van der Waals surface area contributed by atoms with Crippen molar-refractivity contribution in [2.75, 3.05) is 18.6 Å². The summed E-state index contributed by atoms with van der Waals surface area (Å²) in [4.78, 5) is 22.5. The second-order valence-electron chi connectivity index (χ2n) is 4.21. The van der Waals surface area contributed by atoms with Crippen molar-refractivity contribution in [3.63, 3.8) is 0 Å². The lowest BCUT2D eigenvalue weighted by Gasteiger charge is -2.28. The largest absolute Gasteiger partial charge is 0.453 e. The number of carbonyl (C=O) groups is 2. The molecule has 1 fully saturated rings. The minimum absolute atomic E-state index is 0.0737. The first-order valence-corrected chi connectivity index (χ1v) is 8.23. The first kappa shape index (κ1) is 17.9. The van der Waals surface area contributed by atoms with E-state index >= 15 is 0 Å². The first-order valence-electron chi connectivity index (χ1n) is 6.41. The molecule has 0 spiro atoms. The van der Waals surface area contributed by atoms with Gasteiger partial charge in [0.25, 0.3) is 0 Å². The predicted octanol–water partition coefficient (Wildman–Crippen LogP) is 1.15. The molecule has 1 rings (SSSR count). The smallest absolute Gasteiger partial charge is 0.407 e. The zero-order valence-electron chi connectivity index (χ0n) is 11.9. The monoisotopic (exact) mass is 293 g/mol. The van der Waals surface area contributed by atoms with Crippen LogP contribution in [-0.4, -0.2) is 45.0 Å². The van der Waals surface area contributed by atoms with Crippen molar-refractivity contribution < 1.29 is 22.7 Å². The van der Waals surface area contributed by atoms with Crippen LogP contribution in [0.3, 0.4) is 0 Å². The fraction of sp³-hybridized carbons (Fsp3) is 0.833. The van der Waals surface area contributed by atoms with Gasteiger partial charge >= 0.3 is 6.09 Å². The Morgan fingerprint density at radius 3 is 2.05 bits per heavy atom. The average Bonchev–Trinajstić information content (AvgIpc) is 2.38. The molecular formula is C12H23NO5S. The first-order chi connectivity index (χ1) is 8.85. The molecule has 7 heteroatoms. The quantitative estimate of drug-likeness (QED) is 0.843. The summed E-state index contributed by atoms with van der Waals surface area (Å²) in [7, 11) is -1.74. The maximum atomic E-state index is 11.4. The number of sulfone groups is 1. The summed E-state index contributed by atoms with van der Waals surface area (Å²) in [5.74, 6) is -0.163. The summed E-state index contributed by atoms with van der Waals surface area (Å²) in [6.45, 7) is 5.38. The number of hydrogen-bond acceptors (Lipinski definition) is 5. The fourth-order valence-electron chi connectivity index (χ4n) is 1.98. The minimum atomic E-state index is -2.96. The van der Waals surface area contributed by atoms with E-state index < -0.39 is 22.0 Å². The third-order valence-corrected chi connectivity index (χ3v) is 4.68. The number of ketones is 1. The third kappa shape index (κ3) is 6.04. The van der Waals surface area contributed by atoms with Crippen molar-refractivity contribution in [1.82, 2.24) is 5.32 Å². The molecule has 1 N–H and O–H groups in total. The van der Waals surface area contributed by atoms with Crippen molar-refractivity contribution in [2.45, 2.75) is 39.7 Å². The molecule has 19 heavy (non-hydrogen) atoms. The van der Waals surface area contributed by atoms with E-state index in [-0.39, 0.29) is 23.2 Å². The van der Waals surface area contributed by atoms with E-state index in [1.54, 1.807) is 0 Å². The van der Waals surface area contributed by atoms with Crippen LogP contribution in [0, 0.1) is 5.92 Å². The van der Waals surface area contributed by atoms with Crippen molar-refractivity contribution in [1.29, 1.82) is 0 Å². The lowest BCUT2D eigenvalue weighted by atomic mass is 9.91. The zero-order chi connectivity index (χ0) is 15.1. The maximum Gasteiger partial charge on any atom is 0.407 e.